The molecule has 0 fully saturated rings. The van der Waals surface area contributed by atoms with Crippen LogP contribution in [-0.4, -0.2) is 24.0 Å². The van der Waals surface area contributed by atoms with Crippen LogP contribution in [0.1, 0.15) is 37.0 Å². The summed E-state index contributed by atoms with van der Waals surface area (Å²) in [5.41, 5.74) is -0.329. The number of Topliss-reactive ketones (excluding diaryl/α,β-unsaturated/α-hetero) is 1. The van der Waals surface area contributed by atoms with Gasteiger partial charge in [0.1, 0.15) is 5.75 Å². The third-order valence-electron chi connectivity index (χ3n) is 2.95. The number of methoxy groups -OCH3 is 1. The summed E-state index contributed by atoms with van der Waals surface area (Å²) in [7, 11) is 1.54. The quantitative estimate of drug-likeness (QED) is 0.788. The standard InChI is InChI=1S/C14H18O4/c1-14(2,13(16)17)8-7-12(15)10-5-4-6-11(9-10)18-3/h4-6,9H,7-8H2,1-3H3,(H,16,17). The van der Waals surface area contributed by atoms with Crippen LogP contribution in [0.25, 0.3) is 0 Å². The Hall–Kier alpha value is -1.84. The minimum absolute atomic E-state index is 0.0665. The van der Waals surface area contributed by atoms with Crippen molar-refractivity contribution in [2.24, 2.45) is 5.41 Å². The van der Waals surface area contributed by atoms with Crippen molar-refractivity contribution in [3.8, 4) is 5.75 Å². The van der Waals surface area contributed by atoms with E-state index < -0.39 is 11.4 Å². The third kappa shape index (κ3) is 3.58. The molecule has 0 aliphatic rings. The molecule has 98 valence electrons. The second-order valence-electron chi connectivity index (χ2n) is 4.84. The number of aliphatic carboxylic acids is 1. The van der Waals surface area contributed by atoms with E-state index in [1.807, 2.05) is 0 Å². The molecular weight excluding hydrogens is 232 g/mol. The molecule has 0 radical (unpaired) electrons. The number of carbonyl (C=O) groups excluding carboxylic acids is 1. The maximum atomic E-state index is 11.9. The molecular formula is C14H18O4. The van der Waals surface area contributed by atoms with Gasteiger partial charge in [-0.25, -0.2) is 0 Å². The molecule has 0 bridgehead atoms. The van der Waals surface area contributed by atoms with Gasteiger partial charge in [-0.05, 0) is 32.4 Å². The number of carboxylic acids is 1. The van der Waals surface area contributed by atoms with Gasteiger partial charge < -0.3 is 9.84 Å². The number of benzene rings is 1. The second-order valence-corrected chi connectivity index (χ2v) is 4.84. The fraction of sp³-hybridized carbons (Fsp3) is 0.429. The SMILES string of the molecule is COc1cccc(C(=O)CCC(C)(C)C(=O)O)c1. The number of ether oxygens (including phenoxy) is 1. The highest BCUT2D eigenvalue weighted by atomic mass is 16.5. The normalized spacial score (nSPS) is 11.1. The van der Waals surface area contributed by atoms with Crippen LogP contribution < -0.4 is 4.74 Å². The Morgan fingerprint density at radius 1 is 1.33 bits per heavy atom. The summed E-state index contributed by atoms with van der Waals surface area (Å²) in [6.45, 7) is 3.24. The van der Waals surface area contributed by atoms with E-state index in [9.17, 15) is 9.59 Å². The van der Waals surface area contributed by atoms with E-state index in [1.165, 1.54) is 7.11 Å². The lowest BCUT2D eigenvalue weighted by Gasteiger charge is -2.18. The zero-order valence-corrected chi connectivity index (χ0v) is 10.9. The monoisotopic (exact) mass is 250 g/mol. The van der Waals surface area contributed by atoms with Gasteiger partial charge in [0.15, 0.2) is 5.78 Å². The number of rotatable bonds is 6. The van der Waals surface area contributed by atoms with E-state index >= 15 is 0 Å². The lowest BCUT2D eigenvalue weighted by Crippen LogP contribution is -2.24. The molecule has 0 aliphatic carbocycles. The van der Waals surface area contributed by atoms with Gasteiger partial charge in [-0.15, -0.1) is 0 Å². The summed E-state index contributed by atoms with van der Waals surface area (Å²) in [6.07, 6.45) is 0.533. The van der Waals surface area contributed by atoms with Gasteiger partial charge in [0.2, 0.25) is 0 Å². The molecule has 0 heterocycles. The van der Waals surface area contributed by atoms with Crippen LogP contribution >= 0.6 is 0 Å². The first-order valence-electron chi connectivity index (χ1n) is 5.77. The van der Waals surface area contributed by atoms with Crippen LogP contribution in [0.4, 0.5) is 0 Å². The van der Waals surface area contributed by atoms with Crippen molar-refractivity contribution < 1.29 is 19.4 Å². The maximum absolute atomic E-state index is 11.9. The number of carboxylic acid groups (broad SMARTS) is 1. The van der Waals surface area contributed by atoms with E-state index in [-0.39, 0.29) is 12.2 Å². The van der Waals surface area contributed by atoms with Crippen LogP contribution in [0.3, 0.4) is 0 Å². The van der Waals surface area contributed by atoms with Crippen molar-refractivity contribution in [1.82, 2.24) is 0 Å². The summed E-state index contributed by atoms with van der Waals surface area (Å²) in [6, 6.07) is 6.88. The topological polar surface area (TPSA) is 63.6 Å². The fourth-order valence-electron chi connectivity index (χ4n) is 1.47. The van der Waals surface area contributed by atoms with Gasteiger partial charge >= 0.3 is 5.97 Å². The molecule has 18 heavy (non-hydrogen) atoms. The van der Waals surface area contributed by atoms with E-state index in [0.29, 0.717) is 17.7 Å². The first-order valence-corrected chi connectivity index (χ1v) is 5.77. The number of hydrogen-bond acceptors (Lipinski definition) is 3. The van der Waals surface area contributed by atoms with Gasteiger partial charge in [-0.3, -0.25) is 9.59 Å². The second kappa shape index (κ2) is 5.67. The Balaban J connectivity index is 2.68. The molecule has 0 saturated heterocycles. The zero-order chi connectivity index (χ0) is 13.8. The van der Waals surface area contributed by atoms with Crippen molar-refractivity contribution in [3.63, 3.8) is 0 Å². The van der Waals surface area contributed by atoms with Crippen LogP contribution in [0.2, 0.25) is 0 Å². The van der Waals surface area contributed by atoms with E-state index in [4.69, 9.17) is 9.84 Å². The number of hydrogen-bond donors (Lipinski definition) is 1. The first-order chi connectivity index (χ1) is 8.36. The van der Waals surface area contributed by atoms with Crippen LogP contribution in [0.15, 0.2) is 24.3 Å². The molecule has 1 aromatic rings. The average Bonchev–Trinajstić information content (AvgIpc) is 2.36. The maximum Gasteiger partial charge on any atom is 0.309 e. The summed E-state index contributed by atoms with van der Waals surface area (Å²) < 4.78 is 5.04. The lowest BCUT2D eigenvalue weighted by atomic mass is 9.86. The highest BCUT2D eigenvalue weighted by Crippen LogP contribution is 2.24. The van der Waals surface area contributed by atoms with Crippen LogP contribution in [0, 0.1) is 5.41 Å². The van der Waals surface area contributed by atoms with E-state index in [0.717, 1.165) is 0 Å². The molecule has 0 amide bonds. The Kier molecular flexibility index (Phi) is 4.48. The molecule has 0 saturated carbocycles. The summed E-state index contributed by atoms with van der Waals surface area (Å²) in [5.74, 6) is -0.331. The van der Waals surface area contributed by atoms with Crippen molar-refractivity contribution in [2.45, 2.75) is 26.7 Å². The van der Waals surface area contributed by atoms with E-state index in [2.05, 4.69) is 0 Å². The number of carbonyl (C=O) groups is 2. The third-order valence-corrected chi connectivity index (χ3v) is 2.95. The van der Waals surface area contributed by atoms with Gasteiger partial charge in [0, 0.05) is 12.0 Å². The average molecular weight is 250 g/mol. The summed E-state index contributed by atoms with van der Waals surface area (Å²) in [5, 5.41) is 8.98. The highest BCUT2D eigenvalue weighted by molar-refractivity contribution is 5.96. The Labute approximate surface area is 107 Å². The van der Waals surface area contributed by atoms with Crippen molar-refractivity contribution >= 4 is 11.8 Å². The van der Waals surface area contributed by atoms with Gasteiger partial charge in [0.05, 0.1) is 12.5 Å². The van der Waals surface area contributed by atoms with Crippen molar-refractivity contribution in [2.75, 3.05) is 7.11 Å². The Morgan fingerprint density at radius 2 is 2.00 bits per heavy atom. The first kappa shape index (κ1) is 14.2. The molecule has 0 unspecified atom stereocenters. The Morgan fingerprint density at radius 3 is 2.56 bits per heavy atom. The van der Waals surface area contributed by atoms with Crippen molar-refractivity contribution in [3.05, 3.63) is 29.8 Å². The fourth-order valence-corrected chi connectivity index (χ4v) is 1.47. The van der Waals surface area contributed by atoms with Gasteiger partial charge in [-0.1, -0.05) is 12.1 Å². The summed E-state index contributed by atoms with van der Waals surface area (Å²) in [4.78, 5) is 22.9. The molecule has 0 aliphatic heterocycles. The molecule has 4 nitrogen and oxygen atoms in total. The predicted molar refractivity (Wildman–Crippen MR) is 68.0 cm³/mol. The lowest BCUT2D eigenvalue weighted by molar-refractivity contribution is -0.147. The van der Waals surface area contributed by atoms with Gasteiger partial charge in [0.25, 0.3) is 0 Å². The molecule has 0 spiro atoms. The summed E-state index contributed by atoms with van der Waals surface area (Å²) >= 11 is 0. The molecule has 4 heteroatoms. The highest BCUT2D eigenvalue weighted by Gasteiger charge is 2.27. The smallest absolute Gasteiger partial charge is 0.309 e. The molecule has 1 aromatic carbocycles. The molecule has 1 N–H and O–H groups in total. The van der Waals surface area contributed by atoms with Crippen LogP contribution in [-0.2, 0) is 4.79 Å². The minimum atomic E-state index is -0.888. The molecule has 0 atom stereocenters. The molecule has 0 aromatic heterocycles. The largest absolute Gasteiger partial charge is 0.497 e. The Bertz CT molecular complexity index is 449. The van der Waals surface area contributed by atoms with E-state index in [1.54, 1.807) is 38.1 Å². The van der Waals surface area contributed by atoms with Crippen LogP contribution in [0.5, 0.6) is 5.75 Å². The minimum Gasteiger partial charge on any atom is -0.497 e. The zero-order valence-electron chi connectivity index (χ0n) is 10.9. The predicted octanol–water partition coefficient (Wildman–Crippen LogP) is 2.77. The van der Waals surface area contributed by atoms with Crippen molar-refractivity contribution in [1.29, 1.82) is 0 Å². The number of ketones is 1. The van der Waals surface area contributed by atoms with Gasteiger partial charge in [-0.2, -0.15) is 0 Å². The molecule has 1 rings (SSSR count).